The molecule has 0 radical (unpaired) electrons. The lowest BCUT2D eigenvalue weighted by Crippen LogP contribution is -2.39. The van der Waals surface area contributed by atoms with Gasteiger partial charge < -0.3 is 10.6 Å². The first-order chi connectivity index (χ1) is 8.70. The number of hydrogen-bond donors (Lipinski definition) is 1. The molecule has 1 aliphatic heterocycles. The Morgan fingerprint density at radius 3 is 3.11 bits per heavy atom. The van der Waals surface area contributed by atoms with Gasteiger partial charge in [0.05, 0.1) is 10.7 Å². The lowest BCUT2D eigenvalue weighted by Gasteiger charge is -2.34. The molecule has 0 aliphatic carbocycles. The lowest BCUT2D eigenvalue weighted by molar-refractivity contribution is 0.167. The van der Waals surface area contributed by atoms with Crippen molar-refractivity contribution in [2.45, 2.75) is 51.5 Å². The van der Waals surface area contributed by atoms with Crippen LogP contribution in [0.4, 0.5) is 0 Å². The van der Waals surface area contributed by atoms with Gasteiger partial charge in [0, 0.05) is 23.9 Å². The maximum Gasteiger partial charge on any atom is 0.0972 e. The third-order valence-electron chi connectivity index (χ3n) is 3.74. The number of thiazole rings is 1. The largest absolute Gasteiger partial charge is 0.330 e. The van der Waals surface area contributed by atoms with Gasteiger partial charge in [0.1, 0.15) is 0 Å². The Labute approximate surface area is 114 Å². The van der Waals surface area contributed by atoms with Gasteiger partial charge >= 0.3 is 0 Å². The zero-order valence-corrected chi connectivity index (χ0v) is 12.4. The topological polar surface area (TPSA) is 42.2 Å². The SMILES string of the molecule is CC(C)N1CCCC(c2nc(CCCN)cs2)C1. The molecule has 1 aromatic rings. The van der Waals surface area contributed by atoms with Crippen LogP contribution in [-0.2, 0) is 6.42 Å². The minimum absolute atomic E-state index is 0.651. The van der Waals surface area contributed by atoms with Crippen LogP contribution in [0.15, 0.2) is 5.38 Å². The Kier molecular flexibility index (Phi) is 5.15. The molecule has 18 heavy (non-hydrogen) atoms. The number of rotatable bonds is 5. The van der Waals surface area contributed by atoms with E-state index < -0.39 is 0 Å². The molecular formula is C14H25N3S. The molecule has 0 amide bonds. The lowest BCUT2D eigenvalue weighted by atomic mass is 9.97. The van der Waals surface area contributed by atoms with Crippen LogP contribution >= 0.6 is 11.3 Å². The fourth-order valence-corrected chi connectivity index (χ4v) is 3.57. The molecule has 1 fully saturated rings. The van der Waals surface area contributed by atoms with Crippen molar-refractivity contribution < 1.29 is 0 Å². The fraction of sp³-hybridized carbons (Fsp3) is 0.786. The molecule has 4 heteroatoms. The third kappa shape index (κ3) is 3.53. The van der Waals surface area contributed by atoms with E-state index in [-0.39, 0.29) is 0 Å². The van der Waals surface area contributed by atoms with E-state index >= 15 is 0 Å². The van der Waals surface area contributed by atoms with Crippen molar-refractivity contribution in [2.24, 2.45) is 5.73 Å². The van der Waals surface area contributed by atoms with Gasteiger partial charge in [0.2, 0.25) is 0 Å². The summed E-state index contributed by atoms with van der Waals surface area (Å²) >= 11 is 1.84. The normalized spacial score (nSPS) is 21.7. The van der Waals surface area contributed by atoms with E-state index in [1.165, 1.54) is 36.6 Å². The van der Waals surface area contributed by atoms with Crippen molar-refractivity contribution in [3.05, 3.63) is 16.1 Å². The molecule has 2 rings (SSSR count). The molecule has 0 bridgehead atoms. The number of nitrogens with zero attached hydrogens (tertiary/aromatic N) is 2. The maximum atomic E-state index is 5.55. The first kappa shape index (κ1) is 14.0. The summed E-state index contributed by atoms with van der Waals surface area (Å²) in [5.74, 6) is 0.651. The number of likely N-dealkylation sites (tertiary alicyclic amines) is 1. The van der Waals surface area contributed by atoms with Crippen molar-refractivity contribution >= 4 is 11.3 Å². The van der Waals surface area contributed by atoms with E-state index in [0.717, 1.165) is 19.4 Å². The molecule has 3 nitrogen and oxygen atoms in total. The molecule has 2 N–H and O–H groups in total. The van der Waals surface area contributed by atoms with Crippen molar-refractivity contribution in [3.8, 4) is 0 Å². The molecule has 0 spiro atoms. The Morgan fingerprint density at radius 2 is 2.39 bits per heavy atom. The van der Waals surface area contributed by atoms with E-state index in [4.69, 9.17) is 10.7 Å². The molecular weight excluding hydrogens is 242 g/mol. The summed E-state index contributed by atoms with van der Waals surface area (Å²) in [6.45, 7) is 7.77. The van der Waals surface area contributed by atoms with Gasteiger partial charge in [-0.25, -0.2) is 4.98 Å². The Bertz CT molecular complexity index is 362. The van der Waals surface area contributed by atoms with Crippen molar-refractivity contribution in [1.29, 1.82) is 0 Å². The van der Waals surface area contributed by atoms with Gasteiger partial charge in [-0.15, -0.1) is 11.3 Å². The van der Waals surface area contributed by atoms with E-state index in [0.29, 0.717) is 12.0 Å². The second kappa shape index (κ2) is 6.64. The average molecular weight is 267 g/mol. The number of aryl methyl sites for hydroxylation is 1. The second-order valence-corrected chi connectivity index (χ2v) is 6.39. The monoisotopic (exact) mass is 267 g/mol. The zero-order chi connectivity index (χ0) is 13.0. The minimum atomic E-state index is 0.651. The highest BCUT2D eigenvalue weighted by Crippen LogP contribution is 2.30. The van der Waals surface area contributed by atoms with Crippen molar-refractivity contribution in [3.63, 3.8) is 0 Å². The molecule has 0 saturated carbocycles. The highest BCUT2D eigenvalue weighted by Gasteiger charge is 2.24. The summed E-state index contributed by atoms with van der Waals surface area (Å²) in [7, 11) is 0. The summed E-state index contributed by atoms with van der Waals surface area (Å²) < 4.78 is 0. The average Bonchev–Trinajstić information content (AvgIpc) is 2.85. The molecule has 1 unspecified atom stereocenters. The highest BCUT2D eigenvalue weighted by molar-refractivity contribution is 7.09. The molecule has 1 atom stereocenters. The van der Waals surface area contributed by atoms with Gasteiger partial charge in [-0.05, 0) is 52.6 Å². The van der Waals surface area contributed by atoms with E-state index in [1.807, 2.05) is 11.3 Å². The van der Waals surface area contributed by atoms with Crippen LogP contribution in [-0.4, -0.2) is 35.6 Å². The van der Waals surface area contributed by atoms with Gasteiger partial charge in [0.15, 0.2) is 0 Å². The quantitative estimate of drug-likeness (QED) is 0.891. The van der Waals surface area contributed by atoms with Crippen molar-refractivity contribution in [1.82, 2.24) is 9.88 Å². The second-order valence-electron chi connectivity index (χ2n) is 5.50. The number of piperidine rings is 1. The summed E-state index contributed by atoms with van der Waals surface area (Å²) in [5.41, 5.74) is 6.78. The minimum Gasteiger partial charge on any atom is -0.330 e. The van der Waals surface area contributed by atoms with E-state index in [9.17, 15) is 0 Å². The van der Waals surface area contributed by atoms with Gasteiger partial charge in [-0.3, -0.25) is 0 Å². The molecule has 1 saturated heterocycles. The maximum absolute atomic E-state index is 5.55. The highest BCUT2D eigenvalue weighted by atomic mass is 32.1. The van der Waals surface area contributed by atoms with Crippen LogP contribution in [0.25, 0.3) is 0 Å². The summed E-state index contributed by atoms with van der Waals surface area (Å²) in [6, 6.07) is 0.657. The summed E-state index contributed by atoms with van der Waals surface area (Å²) in [6.07, 6.45) is 4.69. The Hall–Kier alpha value is -0.450. The van der Waals surface area contributed by atoms with Gasteiger partial charge in [-0.1, -0.05) is 0 Å². The third-order valence-corrected chi connectivity index (χ3v) is 4.79. The number of hydrogen-bond acceptors (Lipinski definition) is 4. The molecule has 1 aromatic heterocycles. The molecule has 2 heterocycles. The van der Waals surface area contributed by atoms with E-state index in [2.05, 4.69) is 24.1 Å². The van der Waals surface area contributed by atoms with Gasteiger partial charge in [0.25, 0.3) is 0 Å². The van der Waals surface area contributed by atoms with Gasteiger partial charge in [-0.2, -0.15) is 0 Å². The van der Waals surface area contributed by atoms with Crippen LogP contribution in [0.3, 0.4) is 0 Å². The Morgan fingerprint density at radius 1 is 1.56 bits per heavy atom. The standard InChI is InChI=1S/C14H25N3S/c1-11(2)17-8-4-5-12(9-17)14-16-13(10-18-14)6-3-7-15/h10-12H,3-9,15H2,1-2H3. The van der Waals surface area contributed by atoms with Crippen LogP contribution < -0.4 is 5.73 Å². The molecule has 102 valence electrons. The fourth-order valence-electron chi connectivity index (χ4n) is 2.59. The van der Waals surface area contributed by atoms with Crippen LogP contribution in [0.2, 0.25) is 0 Å². The van der Waals surface area contributed by atoms with Crippen LogP contribution in [0.5, 0.6) is 0 Å². The van der Waals surface area contributed by atoms with Crippen LogP contribution in [0, 0.1) is 0 Å². The first-order valence-electron chi connectivity index (χ1n) is 7.09. The first-order valence-corrected chi connectivity index (χ1v) is 7.97. The summed E-state index contributed by atoms with van der Waals surface area (Å²) in [4.78, 5) is 7.38. The summed E-state index contributed by atoms with van der Waals surface area (Å²) in [5, 5.41) is 3.56. The number of nitrogens with two attached hydrogens (primary N) is 1. The van der Waals surface area contributed by atoms with E-state index in [1.54, 1.807) is 0 Å². The predicted octanol–water partition coefficient (Wildman–Crippen LogP) is 2.62. The smallest absolute Gasteiger partial charge is 0.0972 e. The Balaban J connectivity index is 1.95. The molecule has 1 aliphatic rings. The molecule has 0 aromatic carbocycles. The predicted molar refractivity (Wildman–Crippen MR) is 78.2 cm³/mol. The van der Waals surface area contributed by atoms with Crippen molar-refractivity contribution in [2.75, 3.05) is 19.6 Å². The number of aromatic nitrogens is 1. The zero-order valence-electron chi connectivity index (χ0n) is 11.6. The van der Waals surface area contributed by atoms with Crippen LogP contribution in [0.1, 0.15) is 49.7 Å².